The Morgan fingerprint density at radius 2 is 0.635 bits per heavy atom. The summed E-state index contributed by atoms with van der Waals surface area (Å²) in [5.74, 6) is 0.139. The van der Waals surface area contributed by atoms with Gasteiger partial charge in [0.15, 0.2) is 0 Å². The lowest BCUT2D eigenvalue weighted by atomic mass is 10.0. The molecule has 4 aromatic carbocycles. The first-order chi connectivity index (χ1) is 36.3. The van der Waals surface area contributed by atoms with Crippen LogP contribution in [0.25, 0.3) is 11.1 Å². The maximum Gasteiger partial charge on any atom is 0.412 e. The van der Waals surface area contributed by atoms with Crippen molar-refractivity contribution < 1.29 is 29.3 Å². The standard InChI is InChI=1S/C62H92N6O6/c1-3-5-7-9-11-13-15-17-19-21-23-25-27-29-31-33-47-63-61(71)73-55-43-45-57(59(69)49-55)67-65-53-39-35-51(36-40-53)52-37-41-54(42-38-52)66-68-58-46-44-56(50-60(58)70)74-62(72)64-48-34-32-30-28-26-24-22-20-18-16-14-12-10-8-6-4-2/h35-46,49-50,69-70H,3-34,47-48H2,1-2H3,(H,63,71)(H,64,72)/b67-65+,68-66+. The molecule has 0 fully saturated rings. The highest BCUT2D eigenvalue weighted by atomic mass is 16.6. The van der Waals surface area contributed by atoms with Crippen LogP contribution in [0.5, 0.6) is 23.0 Å². The topological polar surface area (TPSA) is 167 Å². The maximum atomic E-state index is 12.4. The van der Waals surface area contributed by atoms with E-state index in [9.17, 15) is 19.8 Å². The highest BCUT2D eigenvalue weighted by Crippen LogP contribution is 2.34. The number of amides is 2. The molecule has 0 aliphatic heterocycles. The van der Waals surface area contributed by atoms with E-state index in [0.717, 1.165) is 36.8 Å². The number of phenolic OH excluding ortho intramolecular Hbond substituents is 2. The van der Waals surface area contributed by atoms with Crippen LogP contribution in [0.1, 0.15) is 219 Å². The monoisotopic (exact) mass is 1020 g/mol. The molecule has 0 aliphatic carbocycles. The van der Waals surface area contributed by atoms with E-state index in [1.807, 2.05) is 48.5 Å². The number of rotatable bonds is 41. The van der Waals surface area contributed by atoms with Crippen molar-refractivity contribution in [3.05, 3.63) is 84.9 Å². The van der Waals surface area contributed by atoms with Crippen LogP contribution in [0.3, 0.4) is 0 Å². The summed E-state index contributed by atoms with van der Waals surface area (Å²) in [5.41, 5.74) is 3.58. The number of aromatic hydroxyl groups is 2. The molecule has 12 heteroatoms. The Hall–Kier alpha value is -5.78. The molecule has 0 spiro atoms. The number of unbranched alkanes of at least 4 members (excludes halogenated alkanes) is 30. The van der Waals surface area contributed by atoms with Gasteiger partial charge in [-0.15, -0.1) is 10.2 Å². The molecule has 0 bridgehead atoms. The second-order valence-electron chi connectivity index (χ2n) is 20.0. The van der Waals surface area contributed by atoms with Crippen LogP contribution in [0.15, 0.2) is 105 Å². The van der Waals surface area contributed by atoms with Crippen molar-refractivity contribution in [2.75, 3.05) is 13.1 Å². The molecule has 4 rings (SSSR count). The molecule has 2 amide bonds. The van der Waals surface area contributed by atoms with Crippen molar-refractivity contribution in [2.45, 2.75) is 219 Å². The Bertz CT molecular complexity index is 2010. The Morgan fingerprint density at radius 1 is 0.365 bits per heavy atom. The van der Waals surface area contributed by atoms with Gasteiger partial charge in [0.1, 0.15) is 34.4 Å². The fourth-order valence-corrected chi connectivity index (χ4v) is 8.98. The van der Waals surface area contributed by atoms with Crippen molar-refractivity contribution in [3.8, 4) is 34.1 Å². The van der Waals surface area contributed by atoms with Crippen LogP contribution in [0, 0.1) is 0 Å². The van der Waals surface area contributed by atoms with Crippen LogP contribution in [0.2, 0.25) is 0 Å². The molecule has 0 aromatic heterocycles. The molecule has 0 aliphatic rings. The second-order valence-corrected chi connectivity index (χ2v) is 20.0. The summed E-state index contributed by atoms with van der Waals surface area (Å²) in [6.07, 6.45) is 40.6. The molecule has 0 radical (unpaired) electrons. The minimum Gasteiger partial charge on any atom is -0.505 e. The quantitative estimate of drug-likeness (QED) is 0.0255. The van der Waals surface area contributed by atoms with E-state index < -0.39 is 12.2 Å². The number of nitrogens with zero attached hydrogens (tertiary/aromatic N) is 4. The van der Waals surface area contributed by atoms with Crippen molar-refractivity contribution in [1.82, 2.24) is 10.6 Å². The van der Waals surface area contributed by atoms with Gasteiger partial charge in [0.05, 0.1) is 11.4 Å². The Balaban J connectivity index is 1.04. The predicted octanol–water partition coefficient (Wildman–Crippen LogP) is 20.3. The predicted molar refractivity (Wildman–Crippen MR) is 304 cm³/mol. The van der Waals surface area contributed by atoms with E-state index in [2.05, 4.69) is 44.9 Å². The van der Waals surface area contributed by atoms with Gasteiger partial charge in [0.2, 0.25) is 0 Å². The zero-order chi connectivity index (χ0) is 52.5. The second kappa shape index (κ2) is 39.7. The number of benzene rings is 4. The number of nitrogens with one attached hydrogen (secondary N) is 2. The molecule has 0 atom stereocenters. The smallest absolute Gasteiger partial charge is 0.412 e. The van der Waals surface area contributed by atoms with Crippen LogP contribution in [0.4, 0.5) is 32.3 Å². The van der Waals surface area contributed by atoms with Gasteiger partial charge in [-0.25, -0.2) is 9.59 Å². The first kappa shape index (κ1) is 60.8. The van der Waals surface area contributed by atoms with Gasteiger partial charge in [0, 0.05) is 25.2 Å². The average molecular weight is 1020 g/mol. The number of carbonyl (C=O) groups excluding carboxylic acids is 2. The number of carbonyl (C=O) groups is 2. The Labute approximate surface area is 445 Å². The molecule has 406 valence electrons. The third-order valence-electron chi connectivity index (χ3n) is 13.5. The van der Waals surface area contributed by atoms with E-state index >= 15 is 0 Å². The van der Waals surface area contributed by atoms with Gasteiger partial charge >= 0.3 is 12.2 Å². The third-order valence-corrected chi connectivity index (χ3v) is 13.5. The number of hydrogen-bond donors (Lipinski definition) is 4. The zero-order valence-corrected chi connectivity index (χ0v) is 45.4. The highest BCUT2D eigenvalue weighted by molar-refractivity contribution is 5.72. The molecule has 4 aromatic rings. The van der Waals surface area contributed by atoms with Crippen LogP contribution in [-0.4, -0.2) is 35.5 Å². The van der Waals surface area contributed by atoms with Gasteiger partial charge in [0.25, 0.3) is 0 Å². The van der Waals surface area contributed by atoms with Crippen molar-refractivity contribution >= 4 is 34.9 Å². The lowest BCUT2D eigenvalue weighted by molar-refractivity contribution is 0.199. The maximum absolute atomic E-state index is 12.4. The molecular weight excluding hydrogens is 925 g/mol. The van der Waals surface area contributed by atoms with Gasteiger partial charge in [-0.3, -0.25) is 0 Å². The summed E-state index contributed by atoms with van der Waals surface area (Å²) in [6, 6.07) is 24.0. The van der Waals surface area contributed by atoms with Crippen LogP contribution < -0.4 is 20.1 Å². The number of hydrogen-bond acceptors (Lipinski definition) is 10. The lowest BCUT2D eigenvalue weighted by Crippen LogP contribution is -2.27. The Kier molecular flexibility index (Phi) is 32.6. The number of ether oxygens (including phenoxy) is 2. The fraction of sp³-hybridized carbons (Fsp3) is 0.581. The zero-order valence-electron chi connectivity index (χ0n) is 45.4. The van der Waals surface area contributed by atoms with E-state index in [1.165, 1.54) is 192 Å². The largest absolute Gasteiger partial charge is 0.505 e. The van der Waals surface area contributed by atoms with Crippen LogP contribution >= 0.6 is 0 Å². The first-order valence-corrected chi connectivity index (χ1v) is 29.0. The van der Waals surface area contributed by atoms with E-state index in [0.29, 0.717) is 24.5 Å². The molecule has 0 saturated heterocycles. The summed E-state index contributed by atoms with van der Waals surface area (Å²) in [4.78, 5) is 24.7. The summed E-state index contributed by atoms with van der Waals surface area (Å²) < 4.78 is 10.7. The molecule has 0 saturated carbocycles. The summed E-state index contributed by atoms with van der Waals surface area (Å²) in [5, 5.41) is 43.7. The fourth-order valence-electron chi connectivity index (χ4n) is 8.98. The third kappa shape index (κ3) is 28.0. The molecule has 74 heavy (non-hydrogen) atoms. The minimum absolute atomic E-state index is 0.151. The first-order valence-electron chi connectivity index (χ1n) is 29.0. The van der Waals surface area contributed by atoms with E-state index in [1.54, 1.807) is 24.3 Å². The molecule has 12 nitrogen and oxygen atoms in total. The molecule has 4 N–H and O–H groups in total. The summed E-state index contributed by atoms with van der Waals surface area (Å²) >= 11 is 0. The van der Waals surface area contributed by atoms with Gasteiger partial charge in [-0.1, -0.05) is 231 Å². The number of phenols is 2. The molecule has 0 heterocycles. The van der Waals surface area contributed by atoms with Crippen molar-refractivity contribution in [1.29, 1.82) is 0 Å². The normalized spacial score (nSPS) is 11.4. The average Bonchev–Trinajstić information content (AvgIpc) is 3.40. The van der Waals surface area contributed by atoms with Gasteiger partial charge < -0.3 is 30.3 Å². The summed E-state index contributed by atoms with van der Waals surface area (Å²) in [6.45, 7) is 5.64. The van der Waals surface area contributed by atoms with Crippen LogP contribution in [-0.2, 0) is 0 Å². The number of azo groups is 2. The molecular formula is C62H92N6O6. The molecule has 0 unspecified atom stereocenters. The minimum atomic E-state index is -0.551. The Morgan fingerprint density at radius 3 is 0.905 bits per heavy atom. The SMILES string of the molecule is CCCCCCCCCCCCCCCCCCNC(=O)Oc1ccc(/N=N/c2ccc(-c3ccc(/N=N/c4ccc(OC(=O)NCCCCCCCCCCCCCCCCCC)cc4O)cc3)cc2)c(O)c1. The van der Waals surface area contributed by atoms with Crippen molar-refractivity contribution in [2.24, 2.45) is 20.5 Å². The lowest BCUT2D eigenvalue weighted by Gasteiger charge is -2.08. The van der Waals surface area contributed by atoms with Gasteiger partial charge in [-0.05, 0) is 72.5 Å². The van der Waals surface area contributed by atoms with Crippen molar-refractivity contribution in [3.63, 3.8) is 0 Å². The van der Waals surface area contributed by atoms with E-state index in [-0.39, 0.29) is 34.4 Å². The highest BCUT2D eigenvalue weighted by Gasteiger charge is 2.10. The summed E-state index contributed by atoms with van der Waals surface area (Å²) in [7, 11) is 0. The van der Waals surface area contributed by atoms with Gasteiger partial charge in [-0.2, -0.15) is 10.2 Å². The van der Waals surface area contributed by atoms with E-state index in [4.69, 9.17) is 9.47 Å².